The predicted octanol–water partition coefficient (Wildman–Crippen LogP) is 4.25. The Kier molecular flexibility index (Phi) is 2.78. The molecule has 0 atom stereocenters. The zero-order valence-corrected chi connectivity index (χ0v) is 11.9. The van der Waals surface area contributed by atoms with Crippen LogP contribution in [-0.2, 0) is 18.7 Å². The lowest BCUT2D eigenvalue weighted by Gasteiger charge is -2.10. The number of para-hydroxylation sites is 2. The fourth-order valence-corrected chi connectivity index (χ4v) is 3.33. The number of halogens is 1. The van der Waals surface area contributed by atoms with E-state index in [1.807, 2.05) is 18.2 Å². The van der Waals surface area contributed by atoms with Gasteiger partial charge in [0.2, 0.25) is 0 Å². The van der Waals surface area contributed by atoms with Crippen molar-refractivity contribution in [2.75, 3.05) is 0 Å². The van der Waals surface area contributed by atoms with E-state index in [1.54, 1.807) is 0 Å². The molecule has 1 aliphatic carbocycles. The van der Waals surface area contributed by atoms with E-state index in [4.69, 9.17) is 11.6 Å². The lowest BCUT2D eigenvalue weighted by atomic mass is 10.1. The van der Waals surface area contributed by atoms with Crippen LogP contribution in [0.5, 0.6) is 0 Å². The van der Waals surface area contributed by atoms with E-state index < -0.39 is 0 Å². The van der Waals surface area contributed by atoms with Crippen molar-refractivity contribution >= 4 is 22.6 Å². The highest BCUT2D eigenvalue weighted by molar-refractivity contribution is 6.17. The number of aromatic nitrogens is 2. The normalized spacial score (nSPS) is 13.8. The molecule has 100 valence electrons. The predicted molar refractivity (Wildman–Crippen MR) is 82.7 cm³/mol. The number of rotatable bonds is 2. The molecule has 0 unspecified atom stereocenters. The molecule has 0 bridgehead atoms. The van der Waals surface area contributed by atoms with Gasteiger partial charge in [-0.3, -0.25) is 4.57 Å². The molecule has 1 aliphatic rings. The van der Waals surface area contributed by atoms with Gasteiger partial charge in [-0.1, -0.05) is 18.2 Å². The number of imidazole rings is 1. The van der Waals surface area contributed by atoms with Crippen molar-refractivity contribution in [3.05, 3.63) is 59.4 Å². The molecular formula is C17H15ClN2. The van der Waals surface area contributed by atoms with Crippen molar-refractivity contribution in [2.45, 2.75) is 25.1 Å². The van der Waals surface area contributed by atoms with Crippen molar-refractivity contribution in [2.24, 2.45) is 0 Å². The molecule has 0 N–H and O–H groups in total. The van der Waals surface area contributed by atoms with Crippen LogP contribution in [0.15, 0.2) is 42.5 Å². The molecule has 0 saturated carbocycles. The molecule has 0 fully saturated rings. The van der Waals surface area contributed by atoms with E-state index in [1.165, 1.54) is 36.1 Å². The van der Waals surface area contributed by atoms with Gasteiger partial charge in [-0.15, -0.1) is 11.6 Å². The lowest BCUT2D eigenvalue weighted by Crippen LogP contribution is -2.00. The van der Waals surface area contributed by atoms with E-state index in [0.717, 1.165) is 16.9 Å². The van der Waals surface area contributed by atoms with Crippen molar-refractivity contribution < 1.29 is 0 Å². The van der Waals surface area contributed by atoms with Crippen molar-refractivity contribution in [3.63, 3.8) is 0 Å². The maximum Gasteiger partial charge on any atom is 0.129 e. The summed E-state index contributed by atoms with van der Waals surface area (Å²) < 4.78 is 2.18. The highest BCUT2D eigenvalue weighted by atomic mass is 35.5. The molecular weight excluding hydrogens is 268 g/mol. The largest absolute Gasteiger partial charge is 0.295 e. The van der Waals surface area contributed by atoms with E-state index in [-0.39, 0.29) is 0 Å². The SMILES string of the molecule is ClCc1nc2ccccc2n1-c1ccc2c(c1)CCC2. The van der Waals surface area contributed by atoms with E-state index >= 15 is 0 Å². The maximum absolute atomic E-state index is 6.09. The number of hydrogen-bond donors (Lipinski definition) is 0. The zero-order chi connectivity index (χ0) is 13.5. The second kappa shape index (κ2) is 4.64. The number of nitrogens with zero attached hydrogens (tertiary/aromatic N) is 2. The van der Waals surface area contributed by atoms with Gasteiger partial charge in [-0.25, -0.2) is 4.98 Å². The van der Waals surface area contributed by atoms with E-state index in [9.17, 15) is 0 Å². The Morgan fingerprint density at radius 1 is 1.05 bits per heavy atom. The number of fused-ring (bicyclic) bond motifs is 2. The lowest BCUT2D eigenvalue weighted by molar-refractivity contribution is 0.911. The number of hydrogen-bond acceptors (Lipinski definition) is 1. The van der Waals surface area contributed by atoms with Crippen LogP contribution in [0.3, 0.4) is 0 Å². The summed E-state index contributed by atoms with van der Waals surface area (Å²) in [5.74, 6) is 1.33. The third kappa shape index (κ3) is 1.75. The van der Waals surface area contributed by atoms with Crippen LogP contribution in [0, 0.1) is 0 Å². The molecule has 3 heteroatoms. The summed E-state index contributed by atoms with van der Waals surface area (Å²) in [6.07, 6.45) is 3.67. The summed E-state index contributed by atoms with van der Waals surface area (Å²) in [4.78, 5) is 4.63. The van der Waals surface area contributed by atoms with Crippen LogP contribution < -0.4 is 0 Å². The first-order valence-corrected chi connectivity index (χ1v) is 7.55. The van der Waals surface area contributed by atoms with Crippen LogP contribution in [0.2, 0.25) is 0 Å². The quantitative estimate of drug-likeness (QED) is 0.643. The molecule has 20 heavy (non-hydrogen) atoms. The fourth-order valence-electron chi connectivity index (χ4n) is 3.15. The van der Waals surface area contributed by atoms with Crippen LogP contribution in [0.4, 0.5) is 0 Å². The van der Waals surface area contributed by atoms with Crippen LogP contribution in [-0.4, -0.2) is 9.55 Å². The Hall–Kier alpha value is -1.80. The third-order valence-electron chi connectivity index (χ3n) is 4.09. The van der Waals surface area contributed by atoms with Gasteiger partial charge in [-0.2, -0.15) is 0 Å². The second-order valence-corrected chi connectivity index (χ2v) is 5.56. The van der Waals surface area contributed by atoms with Gasteiger partial charge >= 0.3 is 0 Å². The summed E-state index contributed by atoms with van der Waals surface area (Å²) in [7, 11) is 0. The van der Waals surface area contributed by atoms with Gasteiger partial charge in [0.1, 0.15) is 5.82 Å². The zero-order valence-electron chi connectivity index (χ0n) is 11.1. The number of benzene rings is 2. The number of aryl methyl sites for hydroxylation is 2. The van der Waals surface area contributed by atoms with E-state index in [2.05, 4.69) is 33.8 Å². The molecule has 1 aromatic heterocycles. The molecule has 1 heterocycles. The Morgan fingerprint density at radius 2 is 1.90 bits per heavy atom. The van der Waals surface area contributed by atoms with Gasteiger partial charge in [0.05, 0.1) is 16.9 Å². The monoisotopic (exact) mass is 282 g/mol. The van der Waals surface area contributed by atoms with Crippen LogP contribution in [0.25, 0.3) is 16.7 Å². The highest BCUT2D eigenvalue weighted by Gasteiger charge is 2.15. The first-order chi connectivity index (χ1) is 9.86. The van der Waals surface area contributed by atoms with Crippen molar-refractivity contribution in [1.29, 1.82) is 0 Å². The van der Waals surface area contributed by atoms with Gasteiger partial charge < -0.3 is 0 Å². The summed E-state index contributed by atoms with van der Waals surface area (Å²) in [6, 6.07) is 14.9. The average Bonchev–Trinajstić information content (AvgIpc) is 3.09. The molecule has 0 aliphatic heterocycles. The number of alkyl halides is 1. The minimum Gasteiger partial charge on any atom is -0.295 e. The molecule has 2 aromatic carbocycles. The van der Waals surface area contributed by atoms with Crippen LogP contribution in [0.1, 0.15) is 23.4 Å². The Morgan fingerprint density at radius 3 is 2.80 bits per heavy atom. The minimum atomic E-state index is 0.422. The van der Waals surface area contributed by atoms with Gasteiger partial charge in [0, 0.05) is 5.69 Å². The molecule has 3 aromatic rings. The smallest absolute Gasteiger partial charge is 0.129 e. The Labute approximate surface area is 123 Å². The standard InChI is InChI=1S/C17H15ClN2/c18-11-17-19-15-6-1-2-7-16(15)20(17)14-9-8-12-4-3-5-13(12)10-14/h1-2,6-10H,3-5,11H2. The summed E-state index contributed by atoms with van der Waals surface area (Å²) in [6.45, 7) is 0. The molecule has 2 nitrogen and oxygen atoms in total. The Bertz CT molecular complexity index is 789. The van der Waals surface area contributed by atoms with Crippen molar-refractivity contribution in [1.82, 2.24) is 9.55 Å². The minimum absolute atomic E-state index is 0.422. The topological polar surface area (TPSA) is 17.8 Å². The summed E-state index contributed by atoms with van der Waals surface area (Å²) >= 11 is 6.09. The van der Waals surface area contributed by atoms with Crippen molar-refractivity contribution in [3.8, 4) is 5.69 Å². The summed E-state index contributed by atoms with van der Waals surface area (Å²) in [5.41, 5.74) is 6.27. The van der Waals surface area contributed by atoms with Gasteiger partial charge in [0.25, 0.3) is 0 Å². The van der Waals surface area contributed by atoms with E-state index in [0.29, 0.717) is 5.88 Å². The molecule has 0 amide bonds. The molecule has 0 spiro atoms. The molecule has 4 rings (SSSR count). The third-order valence-corrected chi connectivity index (χ3v) is 4.33. The highest BCUT2D eigenvalue weighted by Crippen LogP contribution is 2.28. The maximum atomic E-state index is 6.09. The summed E-state index contributed by atoms with van der Waals surface area (Å²) in [5, 5.41) is 0. The fraction of sp³-hybridized carbons (Fsp3) is 0.235. The average molecular weight is 283 g/mol. The molecule has 0 saturated heterocycles. The van der Waals surface area contributed by atoms with Crippen LogP contribution >= 0.6 is 11.6 Å². The van der Waals surface area contributed by atoms with Gasteiger partial charge in [-0.05, 0) is 54.7 Å². The second-order valence-electron chi connectivity index (χ2n) is 5.29. The first-order valence-electron chi connectivity index (χ1n) is 7.01. The first kappa shape index (κ1) is 12.0. The Balaban J connectivity index is 1.97. The van der Waals surface area contributed by atoms with Gasteiger partial charge in [0.15, 0.2) is 0 Å². The molecule has 0 radical (unpaired) electrons.